The Kier molecular flexibility index (Phi) is 10.1. The fourth-order valence-corrected chi connectivity index (χ4v) is 12.0. The van der Waals surface area contributed by atoms with E-state index in [4.69, 9.17) is 0 Å². The zero-order valence-electron chi connectivity index (χ0n) is 39.9. The number of hydrogen-bond acceptors (Lipinski definition) is 1. The first-order valence-electron chi connectivity index (χ1n) is 24.8. The smallest absolute Gasteiger partial charge is 0.0720 e. The molecular formula is C70H51N. The molecule has 11 aromatic rings. The molecule has 0 fully saturated rings. The molecule has 2 aliphatic carbocycles. The molecule has 0 aromatic heterocycles. The lowest BCUT2D eigenvalue weighted by molar-refractivity contribution is 0.660. The number of rotatable bonds is 9. The fraction of sp³-hybridized carbons (Fsp3) is 0.0571. The van der Waals surface area contributed by atoms with E-state index in [-0.39, 0.29) is 5.41 Å². The first-order chi connectivity index (χ1) is 35.0. The van der Waals surface area contributed by atoms with Crippen molar-refractivity contribution in [3.8, 4) is 66.8 Å². The summed E-state index contributed by atoms with van der Waals surface area (Å²) in [5.74, 6) is 0. The van der Waals surface area contributed by atoms with Gasteiger partial charge in [-0.25, -0.2) is 0 Å². The van der Waals surface area contributed by atoms with E-state index in [1.807, 2.05) is 0 Å². The standard InChI is InChI=1S/C70H51N/c1-69(2)63-31-17-16-29-60(63)61-44-42-56(46-66(61)69)71(55-40-38-51(39-41-55)50-36-34-49(35-37-50)48-20-7-3-8-21-48)57-43-45-62-67(47-57)70(54-26-13-6-14-27-54,64-32-18-15-28-58(64)52-22-9-4-10-23-52)65-33-19-30-59(68(62)65)53-24-11-5-12-25-53/h3-47H,1-2H3. The minimum atomic E-state index is -0.678. The minimum Gasteiger partial charge on any atom is -0.310 e. The van der Waals surface area contributed by atoms with Crippen molar-refractivity contribution in [3.05, 3.63) is 306 Å². The van der Waals surface area contributed by atoms with Crippen LogP contribution in [-0.2, 0) is 10.8 Å². The first-order valence-corrected chi connectivity index (χ1v) is 24.8. The quantitative estimate of drug-likeness (QED) is 0.139. The van der Waals surface area contributed by atoms with Crippen LogP contribution in [0.5, 0.6) is 0 Å². The van der Waals surface area contributed by atoms with Gasteiger partial charge in [-0.1, -0.05) is 250 Å². The molecule has 1 nitrogen and oxygen atoms in total. The maximum atomic E-state index is 2.52. The Morgan fingerprint density at radius 1 is 0.254 bits per heavy atom. The van der Waals surface area contributed by atoms with Gasteiger partial charge in [-0.15, -0.1) is 0 Å². The molecule has 1 heteroatoms. The number of nitrogens with zero attached hydrogens (tertiary/aromatic N) is 1. The van der Waals surface area contributed by atoms with Crippen LogP contribution in [-0.4, -0.2) is 0 Å². The highest BCUT2D eigenvalue weighted by atomic mass is 15.1. The van der Waals surface area contributed by atoms with E-state index in [2.05, 4.69) is 292 Å². The van der Waals surface area contributed by atoms with Gasteiger partial charge < -0.3 is 4.90 Å². The van der Waals surface area contributed by atoms with E-state index in [1.54, 1.807) is 0 Å². The van der Waals surface area contributed by atoms with E-state index < -0.39 is 5.41 Å². The third-order valence-electron chi connectivity index (χ3n) is 15.4. The number of benzene rings is 11. The molecule has 1 unspecified atom stereocenters. The highest BCUT2D eigenvalue weighted by Crippen LogP contribution is 2.61. The Morgan fingerprint density at radius 2 is 0.662 bits per heavy atom. The van der Waals surface area contributed by atoms with Gasteiger partial charge in [0.05, 0.1) is 5.41 Å². The summed E-state index contributed by atoms with van der Waals surface area (Å²) in [5, 5.41) is 0. The largest absolute Gasteiger partial charge is 0.310 e. The molecule has 0 aliphatic heterocycles. The van der Waals surface area contributed by atoms with Crippen molar-refractivity contribution in [2.45, 2.75) is 24.7 Å². The Labute approximate surface area is 417 Å². The second-order valence-corrected chi connectivity index (χ2v) is 19.6. The molecule has 336 valence electrons. The summed E-state index contributed by atoms with van der Waals surface area (Å²) >= 11 is 0. The van der Waals surface area contributed by atoms with Gasteiger partial charge in [0.2, 0.25) is 0 Å². The van der Waals surface area contributed by atoms with Gasteiger partial charge in [0.25, 0.3) is 0 Å². The topological polar surface area (TPSA) is 3.24 Å². The number of hydrogen-bond donors (Lipinski definition) is 0. The zero-order chi connectivity index (χ0) is 47.5. The van der Waals surface area contributed by atoms with Crippen molar-refractivity contribution in [3.63, 3.8) is 0 Å². The summed E-state index contributed by atoms with van der Waals surface area (Å²) < 4.78 is 0. The summed E-state index contributed by atoms with van der Waals surface area (Å²) in [6.07, 6.45) is 0. The molecule has 13 rings (SSSR count). The minimum absolute atomic E-state index is 0.166. The summed E-state index contributed by atoms with van der Waals surface area (Å²) in [4.78, 5) is 2.49. The van der Waals surface area contributed by atoms with Gasteiger partial charge in [0.1, 0.15) is 0 Å². The van der Waals surface area contributed by atoms with Crippen molar-refractivity contribution in [1.29, 1.82) is 0 Å². The SMILES string of the molecule is CC1(C)c2ccccc2-c2ccc(N(c3ccc(-c4ccc(-c5ccccc5)cc4)cc3)c3ccc4c(c3)C(c3ccccc3)(c3ccccc3-c3ccccc3)c3cccc(-c5ccccc5)c3-4)cc21. The number of fused-ring (bicyclic) bond motifs is 6. The molecule has 1 atom stereocenters. The van der Waals surface area contributed by atoms with E-state index in [0.717, 1.165) is 17.1 Å². The molecule has 0 bridgehead atoms. The van der Waals surface area contributed by atoms with Crippen LogP contribution in [0.2, 0.25) is 0 Å². The van der Waals surface area contributed by atoms with Crippen LogP contribution >= 0.6 is 0 Å². The third kappa shape index (κ3) is 6.84. The molecule has 11 aromatic carbocycles. The van der Waals surface area contributed by atoms with Crippen LogP contribution in [0, 0.1) is 0 Å². The molecule has 0 saturated carbocycles. The van der Waals surface area contributed by atoms with Crippen LogP contribution in [0.1, 0.15) is 47.2 Å². The molecule has 0 saturated heterocycles. The Morgan fingerprint density at radius 3 is 1.28 bits per heavy atom. The molecule has 0 radical (unpaired) electrons. The normalized spacial score (nSPS) is 14.8. The van der Waals surface area contributed by atoms with E-state index >= 15 is 0 Å². The summed E-state index contributed by atoms with van der Waals surface area (Å²) in [5.41, 5.74) is 25.0. The summed E-state index contributed by atoms with van der Waals surface area (Å²) in [6.45, 7) is 4.75. The lowest BCUT2D eigenvalue weighted by atomic mass is 9.65. The first kappa shape index (κ1) is 42.3. The van der Waals surface area contributed by atoms with Crippen LogP contribution in [0.15, 0.2) is 273 Å². The highest BCUT2D eigenvalue weighted by Gasteiger charge is 2.48. The average molecular weight is 906 g/mol. The summed E-state index contributed by atoms with van der Waals surface area (Å²) in [6, 6.07) is 101. The van der Waals surface area contributed by atoms with Crippen molar-refractivity contribution < 1.29 is 0 Å². The Balaban J connectivity index is 1.05. The maximum absolute atomic E-state index is 2.52. The molecular weight excluding hydrogens is 855 g/mol. The molecule has 0 amide bonds. The second kappa shape index (κ2) is 17.0. The van der Waals surface area contributed by atoms with Crippen LogP contribution in [0.25, 0.3) is 66.8 Å². The molecule has 0 spiro atoms. The molecule has 0 heterocycles. The van der Waals surface area contributed by atoms with E-state index in [1.165, 1.54) is 100 Å². The Bertz CT molecular complexity index is 3740. The van der Waals surface area contributed by atoms with Crippen molar-refractivity contribution in [2.75, 3.05) is 4.90 Å². The van der Waals surface area contributed by atoms with Gasteiger partial charge in [-0.2, -0.15) is 0 Å². The van der Waals surface area contributed by atoms with Gasteiger partial charge in [0.15, 0.2) is 0 Å². The third-order valence-corrected chi connectivity index (χ3v) is 15.4. The van der Waals surface area contributed by atoms with Gasteiger partial charge in [0, 0.05) is 22.5 Å². The second-order valence-electron chi connectivity index (χ2n) is 19.6. The monoisotopic (exact) mass is 905 g/mol. The Hall–Kier alpha value is -8.78. The molecule has 2 aliphatic rings. The predicted molar refractivity (Wildman–Crippen MR) is 298 cm³/mol. The van der Waals surface area contributed by atoms with Crippen molar-refractivity contribution >= 4 is 17.1 Å². The maximum Gasteiger partial charge on any atom is 0.0720 e. The van der Waals surface area contributed by atoms with E-state index in [0.29, 0.717) is 0 Å². The van der Waals surface area contributed by atoms with Crippen LogP contribution in [0.3, 0.4) is 0 Å². The highest BCUT2D eigenvalue weighted by molar-refractivity contribution is 5.98. The van der Waals surface area contributed by atoms with E-state index in [9.17, 15) is 0 Å². The molecule has 71 heavy (non-hydrogen) atoms. The van der Waals surface area contributed by atoms with Crippen LogP contribution in [0.4, 0.5) is 17.1 Å². The molecule has 0 N–H and O–H groups in total. The van der Waals surface area contributed by atoms with Gasteiger partial charge >= 0.3 is 0 Å². The fourth-order valence-electron chi connectivity index (χ4n) is 12.0. The predicted octanol–water partition coefficient (Wildman–Crippen LogP) is 18.5. The lowest BCUT2D eigenvalue weighted by Crippen LogP contribution is -2.29. The summed E-state index contributed by atoms with van der Waals surface area (Å²) in [7, 11) is 0. The van der Waals surface area contributed by atoms with Gasteiger partial charge in [-0.3, -0.25) is 0 Å². The van der Waals surface area contributed by atoms with Gasteiger partial charge in [-0.05, 0) is 137 Å². The average Bonchev–Trinajstić information content (AvgIpc) is 3.87. The van der Waals surface area contributed by atoms with Crippen molar-refractivity contribution in [2.24, 2.45) is 0 Å². The zero-order valence-corrected chi connectivity index (χ0v) is 39.9. The lowest BCUT2D eigenvalue weighted by Gasteiger charge is -2.36. The van der Waals surface area contributed by atoms with Crippen LogP contribution < -0.4 is 4.90 Å². The van der Waals surface area contributed by atoms with Crippen molar-refractivity contribution in [1.82, 2.24) is 0 Å². The number of anilines is 3.